The largest absolute Gasteiger partial charge is 0.323 e. The first kappa shape index (κ1) is 15.3. The van der Waals surface area contributed by atoms with Gasteiger partial charge in [-0.15, -0.1) is 0 Å². The van der Waals surface area contributed by atoms with Gasteiger partial charge in [-0.1, -0.05) is 23.9 Å². The fraction of sp³-hybridized carbons (Fsp3) is 0.308. The predicted molar refractivity (Wildman–Crippen MR) is 75.8 cm³/mol. The molecule has 112 valence electrons. The van der Waals surface area contributed by atoms with Crippen LogP contribution in [0, 0.1) is 5.82 Å². The molecular formula is C13H14FN3O3S. The standard InChI is InChI=1S/C13H14FN3O3S/c14-10-3-1-9(2-4-10)7-11(18)15-16-12(19)8-17-5-6-21-13(17)20/h1-4H,5-8H2,(H,15,18)(H,16,19). The number of carbonyl (C=O) groups is 3. The number of thioether (sulfide) groups is 1. The van der Waals surface area contributed by atoms with Gasteiger partial charge in [0.05, 0.1) is 6.42 Å². The van der Waals surface area contributed by atoms with E-state index in [4.69, 9.17) is 0 Å². The van der Waals surface area contributed by atoms with Gasteiger partial charge in [0, 0.05) is 12.3 Å². The Kier molecular flexibility index (Phi) is 5.15. The molecule has 8 heteroatoms. The van der Waals surface area contributed by atoms with Gasteiger partial charge in [-0.3, -0.25) is 25.2 Å². The number of benzene rings is 1. The molecule has 3 amide bonds. The van der Waals surface area contributed by atoms with Gasteiger partial charge < -0.3 is 4.90 Å². The number of hydrogen-bond acceptors (Lipinski definition) is 4. The van der Waals surface area contributed by atoms with Crippen molar-refractivity contribution in [1.82, 2.24) is 15.8 Å². The van der Waals surface area contributed by atoms with Crippen LogP contribution in [0.3, 0.4) is 0 Å². The highest BCUT2D eigenvalue weighted by Gasteiger charge is 2.23. The van der Waals surface area contributed by atoms with Gasteiger partial charge in [0.2, 0.25) is 5.91 Å². The lowest BCUT2D eigenvalue weighted by Crippen LogP contribution is -2.47. The number of carbonyl (C=O) groups excluding carboxylic acids is 3. The molecule has 0 saturated carbocycles. The van der Waals surface area contributed by atoms with Crippen LogP contribution in [0.25, 0.3) is 0 Å². The first-order valence-electron chi connectivity index (χ1n) is 6.28. The molecule has 21 heavy (non-hydrogen) atoms. The van der Waals surface area contributed by atoms with Gasteiger partial charge in [0.1, 0.15) is 12.4 Å². The second-order valence-corrected chi connectivity index (χ2v) is 5.48. The average molecular weight is 311 g/mol. The smallest absolute Gasteiger partial charge is 0.282 e. The van der Waals surface area contributed by atoms with Gasteiger partial charge >= 0.3 is 0 Å². The molecule has 1 aromatic carbocycles. The van der Waals surface area contributed by atoms with E-state index in [1.165, 1.54) is 29.2 Å². The molecule has 1 aromatic rings. The second-order valence-electron chi connectivity index (χ2n) is 4.44. The molecule has 0 radical (unpaired) electrons. The molecule has 0 bridgehead atoms. The van der Waals surface area contributed by atoms with Crippen molar-refractivity contribution in [2.75, 3.05) is 18.8 Å². The second kappa shape index (κ2) is 7.07. The van der Waals surface area contributed by atoms with Gasteiger partial charge in [0.25, 0.3) is 11.1 Å². The van der Waals surface area contributed by atoms with Crippen LogP contribution in [-0.2, 0) is 16.0 Å². The number of nitrogens with one attached hydrogen (secondary N) is 2. The lowest BCUT2D eigenvalue weighted by atomic mass is 10.1. The van der Waals surface area contributed by atoms with Crippen molar-refractivity contribution in [2.45, 2.75) is 6.42 Å². The number of halogens is 1. The molecule has 2 rings (SSSR count). The summed E-state index contributed by atoms with van der Waals surface area (Å²) in [6.45, 7) is 0.448. The summed E-state index contributed by atoms with van der Waals surface area (Å²) in [4.78, 5) is 35.9. The molecule has 0 aliphatic carbocycles. The van der Waals surface area contributed by atoms with E-state index in [0.717, 1.165) is 11.8 Å². The quantitative estimate of drug-likeness (QED) is 0.802. The Bertz CT molecular complexity index is 550. The minimum absolute atomic E-state index is 0.0268. The summed E-state index contributed by atoms with van der Waals surface area (Å²) in [6.07, 6.45) is 0.0268. The minimum Gasteiger partial charge on any atom is -0.323 e. The number of amides is 3. The van der Waals surface area contributed by atoms with Crippen LogP contribution in [0.5, 0.6) is 0 Å². The third kappa shape index (κ3) is 4.75. The first-order valence-corrected chi connectivity index (χ1v) is 7.27. The van der Waals surface area contributed by atoms with E-state index in [0.29, 0.717) is 17.9 Å². The van der Waals surface area contributed by atoms with Crippen molar-refractivity contribution >= 4 is 28.8 Å². The van der Waals surface area contributed by atoms with E-state index >= 15 is 0 Å². The van der Waals surface area contributed by atoms with Crippen LogP contribution < -0.4 is 10.9 Å². The molecule has 6 nitrogen and oxygen atoms in total. The summed E-state index contributed by atoms with van der Waals surface area (Å²) < 4.78 is 12.7. The highest BCUT2D eigenvalue weighted by atomic mass is 32.2. The maximum atomic E-state index is 12.7. The number of rotatable bonds is 4. The molecule has 1 heterocycles. The van der Waals surface area contributed by atoms with Crippen molar-refractivity contribution in [1.29, 1.82) is 0 Å². The summed E-state index contributed by atoms with van der Waals surface area (Å²) in [5, 5.41) is -0.136. The van der Waals surface area contributed by atoms with Crippen molar-refractivity contribution in [2.24, 2.45) is 0 Å². The van der Waals surface area contributed by atoms with E-state index in [-0.39, 0.29) is 24.0 Å². The third-order valence-electron chi connectivity index (χ3n) is 2.80. The topological polar surface area (TPSA) is 78.5 Å². The predicted octanol–water partition coefficient (Wildman–Crippen LogP) is 0.684. The van der Waals surface area contributed by atoms with Gasteiger partial charge in [0.15, 0.2) is 0 Å². The Balaban J connectivity index is 1.72. The SMILES string of the molecule is O=C(Cc1ccc(F)cc1)NNC(=O)CN1CCSC1=O. The zero-order chi connectivity index (χ0) is 15.2. The Labute approximate surface area is 125 Å². The van der Waals surface area contributed by atoms with Crippen molar-refractivity contribution in [3.8, 4) is 0 Å². The Morgan fingerprint density at radius 2 is 1.86 bits per heavy atom. The summed E-state index contributed by atoms with van der Waals surface area (Å²) in [6, 6.07) is 5.52. The fourth-order valence-electron chi connectivity index (χ4n) is 1.75. The number of nitrogens with zero attached hydrogens (tertiary/aromatic N) is 1. The zero-order valence-corrected chi connectivity index (χ0v) is 11.9. The molecule has 0 aromatic heterocycles. The maximum absolute atomic E-state index is 12.7. The van der Waals surface area contributed by atoms with Crippen LogP contribution >= 0.6 is 11.8 Å². The molecule has 0 spiro atoms. The minimum atomic E-state index is -0.460. The van der Waals surface area contributed by atoms with Crippen LogP contribution in [0.2, 0.25) is 0 Å². The van der Waals surface area contributed by atoms with Crippen LogP contribution in [0.4, 0.5) is 9.18 Å². The first-order chi connectivity index (χ1) is 10.0. The zero-order valence-electron chi connectivity index (χ0n) is 11.1. The molecule has 1 aliphatic heterocycles. The molecule has 1 saturated heterocycles. The molecule has 1 aliphatic rings. The molecule has 0 atom stereocenters. The van der Waals surface area contributed by atoms with E-state index in [1.54, 1.807) is 0 Å². The van der Waals surface area contributed by atoms with Gasteiger partial charge in [-0.05, 0) is 17.7 Å². The molecular weight excluding hydrogens is 297 g/mol. The summed E-state index contributed by atoms with van der Waals surface area (Å²) in [5.74, 6) is -0.584. The number of hydrogen-bond donors (Lipinski definition) is 2. The van der Waals surface area contributed by atoms with Gasteiger partial charge in [-0.25, -0.2) is 4.39 Å². The van der Waals surface area contributed by atoms with E-state index in [1.807, 2.05) is 0 Å². The van der Waals surface area contributed by atoms with Crippen LogP contribution in [-0.4, -0.2) is 40.8 Å². The normalized spacial score (nSPS) is 14.1. The Morgan fingerprint density at radius 3 is 2.48 bits per heavy atom. The summed E-state index contributed by atoms with van der Waals surface area (Å²) >= 11 is 1.16. The fourth-order valence-corrected chi connectivity index (χ4v) is 2.58. The third-order valence-corrected chi connectivity index (χ3v) is 3.69. The maximum Gasteiger partial charge on any atom is 0.282 e. The van der Waals surface area contributed by atoms with E-state index < -0.39 is 11.8 Å². The average Bonchev–Trinajstić information content (AvgIpc) is 2.85. The van der Waals surface area contributed by atoms with E-state index in [2.05, 4.69) is 10.9 Å². The highest BCUT2D eigenvalue weighted by Crippen LogP contribution is 2.16. The van der Waals surface area contributed by atoms with Gasteiger partial charge in [-0.2, -0.15) is 0 Å². The molecule has 2 N–H and O–H groups in total. The Morgan fingerprint density at radius 1 is 1.19 bits per heavy atom. The van der Waals surface area contributed by atoms with Crippen LogP contribution in [0.15, 0.2) is 24.3 Å². The summed E-state index contributed by atoms with van der Waals surface area (Å²) in [7, 11) is 0. The van der Waals surface area contributed by atoms with Crippen molar-refractivity contribution < 1.29 is 18.8 Å². The van der Waals surface area contributed by atoms with Crippen molar-refractivity contribution in [3.63, 3.8) is 0 Å². The highest BCUT2D eigenvalue weighted by molar-refractivity contribution is 8.13. The van der Waals surface area contributed by atoms with E-state index in [9.17, 15) is 18.8 Å². The molecule has 1 fully saturated rings. The Hall–Kier alpha value is -2.09. The lowest BCUT2D eigenvalue weighted by molar-refractivity contribution is -0.128. The van der Waals surface area contributed by atoms with Crippen LogP contribution in [0.1, 0.15) is 5.56 Å². The molecule has 0 unspecified atom stereocenters. The van der Waals surface area contributed by atoms with Crippen molar-refractivity contribution in [3.05, 3.63) is 35.6 Å². The number of hydrazine groups is 1. The summed E-state index contributed by atoms with van der Waals surface area (Å²) in [5.41, 5.74) is 5.14. The lowest BCUT2D eigenvalue weighted by Gasteiger charge is -2.14. The monoisotopic (exact) mass is 311 g/mol.